The summed E-state index contributed by atoms with van der Waals surface area (Å²) in [6.07, 6.45) is -2.27. The Kier molecular flexibility index (Phi) is 7.35. The summed E-state index contributed by atoms with van der Waals surface area (Å²) in [6, 6.07) is 2.85. The summed E-state index contributed by atoms with van der Waals surface area (Å²) in [6.45, 7) is 6.90. The number of carbonyl (C=O) groups excluding carboxylic acids is 1. The third kappa shape index (κ3) is 6.09. The topological polar surface area (TPSA) is 55.6 Å². The fraction of sp³-hybridized carbons (Fsp3) is 0.562. The first-order valence-electron chi connectivity index (χ1n) is 7.73. The lowest BCUT2D eigenvalue weighted by atomic mass is 10.1. The SMILES string of the molecule is CC.NC(=O)c1cc(OCCN2CCCC2)cc(C(F)(F)F)c1. The summed E-state index contributed by atoms with van der Waals surface area (Å²) in [7, 11) is 0. The molecule has 0 aromatic heterocycles. The summed E-state index contributed by atoms with van der Waals surface area (Å²) in [5.41, 5.74) is 3.91. The number of amides is 1. The van der Waals surface area contributed by atoms with Crippen LogP contribution in [0.2, 0.25) is 0 Å². The molecule has 2 rings (SSSR count). The Labute approximate surface area is 134 Å². The molecule has 0 unspecified atom stereocenters. The van der Waals surface area contributed by atoms with Crippen molar-refractivity contribution in [2.24, 2.45) is 5.73 Å². The van der Waals surface area contributed by atoms with Crippen LogP contribution in [0.15, 0.2) is 18.2 Å². The van der Waals surface area contributed by atoms with Crippen molar-refractivity contribution in [1.29, 1.82) is 0 Å². The highest BCUT2D eigenvalue weighted by atomic mass is 19.4. The van der Waals surface area contributed by atoms with Gasteiger partial charge in [-0.3, -0.25) is 9.69 Å². The summed E-state index contributed by atoms with van der Waals surface area (Å²) in [5.74, 6) is -0.900. The molecule has 0 saturated carbocycles. The van der Waals surface area contributed by atoms with Gasteiger partial charge in [0.25, 0.3) is 0 Å². The van der Waals surface area contributed by atoms with Crippen LogP contribution in [0.5, 0.6) is 5.75 Å². The number of nitrogens with zero attached hydrogens (tertiary/aromatic N) is 1. The molecule has 1 saturated heterocycles. The maximum Gasteiger partial charge on any atom is 0.416 e. The molecule has 1 fully saturated rings. The Morgan fingerprint density at radius 1 is 1.22 bits per heavy atom. The van der Waals surface area contributed by atoms with Crippen LogP contribution >= 0.6 is 0 Å². The number of hydrogen-bond donors (Lipinski definition) is 1. The number of ether oxygens (including phenoxy) is 1. The molecule has 1 aromatic rings. The number of hydrogen-bond acceptors (Lipinski definition) is 3. The molecular formula is C16H23F3N2O2. The monoisotopic (exact) mass is 332 g/mol. The van der Waals surface area contributed by atoms with Crippen LogP contribution in [0.1, 0.15) is 42.6 Å². The normalized spacial score (nSPS) is 15.0. The van der Waals surface area contributed by atoms with Crippen LogP contribution in [0.25, 0.3) is 0 Å². The van der Waals surface area contributed by atoms with Crippen molar-refractivity contribution >= 4 is 5.91 Å². The largest absolute Gasteiger partial charge is 0.492 e. The fourth-order valence-corrected chi connectivity index (χ4v) is 2.29. The van der Waals surface area contributed by atoms with E-state index in [-0.39, 0.29) is 17.9 Å². The molecule has 1 heterocycles. The van der Waals surface area contributed by atoms with E-state index in [1.807, 2.05) is 13.8 Å². The van der Waals surface area contributed by atoms with Crippen LogP contribution in [0, 0.1) is 0 Å². The Morgan fingerprint density at radius 3 is 2.35 bits per heavy atom. The molecule has 7 heteroatoms. The first kappa shape index (κ1) is 19.3. The zero-order valence-electron chi connectivity index (χ0n) is 13.4. The highest BCUT2D eigenvalue weighted by molar-refractivity contribution is 5.93. The van der Waals surface area contributed by atoms with Crippen molar-refractivity contribution in [3.05, 3.63) is 29.3 Å². The van der Waals surface area contributed by atoms with Crippen molar-refractivity contribution in [2.45, 2.75) is 32.9 Å². The van der Waals surface area contributed by atoms with Gasteiger partial charge in [-0.05, 0) is 44.1 Å². The van der Waals surface area contributed by atoms with Gasteiger partial charge in [-0.1, -0.05) is 13.8 Å². The van der Waals surface area contributed by atoms with Gasteiger partial charge in [0.1, 0.15) is 12.4 Å². The van der Waals surface area contributed by atoms with Gasteiger partial charge in [-0.2, -0.15) is 13.2 Å². The van der Waals surface area contributed by atoms with Gasteiger partial charge in [-0.25, -0.2) is 0 Å². The third-order valence-electron chi connectivity index (χ3n) is 3.39. The zero-order valence-corrected chi connectivity index (χ0v) is 13.4. The molecule has 0 bridgehead atoms. The Bertz CT molecular complexity index is 513. The van der Waals surface area contributed by atoms with E-state index in [0.29, 0.717) is 6.54 Å². The standard InChI is InChI=1S/C14H17F3N2O2.C2H6/c15-14(16,17)11-7-10(13(18)20)8-12(9-11)21-6-5-19-3-1-2-4-19;1-2/h7-9H,1-6H2,(H2,18,20);1-2H3. The van der Waals surface area contributed by atoms with Gasteiger partial charge < -0.3 is 10.5 Å². The number of halogens is 3. The number of nitrogens with two attached hydrogens (primary N) is 1. The average molecular weight is 332 g/mol. The molecule has 0 atom stereocenters. The molecular weight excluding hydrogens is 309 g/mol. The van der Waals surface area contributed by atoms with E-state index in [0.717, 1.165) is 38.1 Å². The van der Waals surface area contributed by atoms with E-state index >= 15 is 0 Å². The lowest BCUT2D eigenvalue weighted by Gasteiger charge is -2.16. The van der Waals surface area contributed by atoms with E-state index in [9.17, 15) is 18.0 Å². The third-order valence-corrected chi connectivity index (χ3v) is 3.39. The van der Waals surface area contributed by atoms with Gasteiger partial charge >= 0.3 is 6.18 Å². The van der Waals surface area contributed by atoms with Crippen LogP contribution in [-0.2, 0) is 6.18 Å². The van der Waals surface area contributed by atoms with Crippen molar-refractivity contribution in [1.82, 2.24) is 4.90 Å². The van der Waals surface area contributed by atoms with E-state index in [1.54, 1.807) is 0 Å². The number of likely N-dealkylation sites (tertiary alicyclic amines) is 1. The predicted molar refractivity (Wildman–Crippen MR) is 82.5 cm³/mol. The first-order chi connectivity index (χ1) is 10.9. The summed E-state index contributed by atoms with van der Waals surface area (Å²) in [4.78, 5) is 13.3. The Balaban J connectivity index is 0.00000127. The molecule has 4 nitrogen and oxygen atoms in total. The molecule has 0 radical (unpaired) electrons. The smallest absolute Gasteiger partial charge is 0.416 e. The van der Waals surface area contributed by atoms with E-state index < -0.39 is 17.6 Å². The van der Waals surface area contributed by atoms with Crippen LogP contribution in [0.4, 0.5) is 13.2 Å². The number of alkyl halides is 3. The number of rotatable bonds is 5. The second kappa shape index (κ2) is 8.76. The van der Waals surface area contributed by atoms with E-state index in [1.165, 1.54) is 6.07 Å². The molecule has 130 valence electrons. The molecule has 1 aliphatic heterocycles. The molecule has 1 aliphatic rings. The maximum absolute atomic E-state index is 12.8. The summed E-state index contributed by atoms with van der Waals surface area (Å²) >= 11 is 0. The molecule has 0 spiro atoms. The first-order valence-corrected chi connectivity index (χ1v) is 7.73. The van der Waals surface area contributed by atoms with Gasteiger partial charge in [-0.15, -0.1) is 0 Å². The maximum atomic E-state index is 12.8. The number of primary amides is 1. The second-order valence-corrected chi connectivity index (χ2v) is 5.01. The van der Waals surface area contributed by atoms with Gasteiger partial charge in [0.15, 0.2) is 0 Å². The minimum absolute atomic E-state index is 0.0119. The minimum Gasteiger partial charge on any atom is -0.492 e. The highest BCUT2D eigenvalue weighted by Gasteiger charge is 2.32. The van der Waals surface area contributed by atoms with Crippen LogP contribution in [0.3, 0.4) is 0 Å². The zero-order chi connectivity index (χ0) is 17.5. The molecule has 1 amide bonds. The lowest BCUT2D eigenvalue weighted by molar-refractivity contribution is -0.137. The van der Waals surface area contributed by atoms with Crippen LogP contribution in [-0.4, -0.2) is 37.0 Å². The van der Waals surface area contributed by atoms with Gasteiger partial charge in [0.2, 0.25) is 5.91 Å². The molecule has 1 aromatic carbocycles. The van der Waals surface area contributed by atoms with Crippen molar-refractivity contribution in [3.8, 4) is 5.75 Å². The summed E-state index contributed by atoms with van der Waals surface area (Å²) in [5, 5.41) is 0. The van der Waals surface area contributed by atoms with E-state index in [4.69, 9.17) is 10.5 Å². The molecule has 23 heavy (non-hydrogen) atoms. The van der Waals surface area contributed by atoms with Crippen molar-refractivity contribution in [3.63, 3.8) is 0 Å². The van der Waals surface area contributed by atoms with Crippen molar-refractivity contribution < 1.29 is 22.7 Å². The summed E-state index contributed by atoms with van der Waals surface area (Å²) < 4.78 is 43.6. The predicted octanol–water partition coefficient (Wildman–Crippen LogP) is 3.31. The second-order valence-electron chi connectivity index (χ2n) is 5.01. The average Bonchev–Trinajstić information content (AvgIpc) is 3.01. The van der Waals surface area contributed by atoms with E-state index in [2.05, 4.69) is 4.90 Å². The Morgan fingerprint density at radius 2 is 1.83 bits per heavy atom. The highest BCUT2D eigenvalue weighted by Crippen LogP contribution is 2.32. The minimum atomic E-state index is -4.54. The lowest BCUT2D eigenvalue weighted by Crippen LogP contribution is -2.25. The number of benzene rings is 1. The quantitative estimate of drug-likeness (QED) is 0.900. The number of carbonyl (C=O) groups is 1. The molecule has 0 aliphatic carbocycles. The van der Waals surface area contributed by atoms with Gasteiger partial charge in [0, 0.05) is 12.1 Å². The Hall–Kier alpha value is -1.76. The van der Waals surface area contributed by atoms with Crippen LogP contribution < -0.4 is 10.5 Å². The molecule has 2 N–H and O–H groups in total. The van der Waals surface area contributed by atoms with Gasteiger partial charge in [0.05, 0.1) is 5.56 Å². The van der Waals surface area contributed by atoms with Crippen molar-refractivity contribution in [2.75, 3.05) is 26.2 Å². The fourth-order valence-electron chi connectivity index (χ4n) is 2.29.